The molecule has 0 spiro atoms. The molecule has 132 valence electrons. The van der Waals surface area contributed by atoms with Crippen LogP contribution in [0.25, 0.3) is 0 Å². The predicted molar refractivity (Wildman–Crippen MR) is 91.8 cm³/mol. The van der Waals surface area contributed by atoms with E-state index in [-0.39, 0.29) is 18.6 Å². The average Bonchev–Trinajstić information content (AvgIpc) is 2.57. The lowest BCUT2D eigenvalue weighted by atomic mass is 9.80. The lowest BCUT2D eigenvalue weighted by molar-refractivity contribution is -0.135. The maximum Gasteiger partial charge on any atom is 0.293 e. The lowest BCUT2D eigenvalue weighted by Gasteiger charge is -2.39. The number of benzene rings is 1. The van der Waals surface area contributed by atoms with Gasteiger partial charge in [0.05, 0.1) is 18.1 Å². The van der Waals surface area contributed by atoms with Gasteiger partial charge in [0.2, 0.25) is 5.91 Å². The Balaban J connectivity index is 2.04. The summed E-state index contributed by atoms with van der Waals surface area (Å²) < 4.78 is 10.4. The number of amides is 1. The molecule has 0 heterocycles. The number of carbonyl (C=O) groups excluding carboxylic acids is 2. The van der Waals surface area contributed by atoms with Gasteiger partial charge in [-0.3, -0.25) is 9.59 Å². The van der Waals surface area contributed by atoms with Crippen LogP contribution >= 0.6 is 0 Å². The predicted octanol–water partition coefficient (Wildman–Crippen LogP) is 2.46. The second-order valence-electron chi connectivity index (χ2n) is 6.78. The zero-order chi connectivity index (χ0) is 17.6. The Morgan fingerprint density at radius 1 is 1.33 bits per heavy atom. The molecule has 0 atom stereocenters. The van der Waals surface area contributed by atoms with E-state index >= 15 is 0 Å². The highest BCUT2D eigenvalue weighted by Crippen LogP contribution is 2.30. The van der Waals surface area contributed by atoms with Crippen LogP contribution < -0.4 is 5.32 Å². The molecule has 0 aliphatic heterocycles. The first kappa shape index (κ1) is 18.5. The van der Waals surface area contributed by atoms with Crippen molar-refractivity contribution in [1.82, 2.24) is 5.32 Å². The summed E-state index contributed by atoms with van der Waals surface area (Å²) >= 11 is 0. The minimum absolute atomic E-state index is 0.0333. The number of rotatable bonds is 7. The molecule has 24 heavy (non-hydrogen) atoms. The van der Waals surface area contributed by atoms with E-state index in [0.29, 0.717) is 12.9 Å². The number of ether oxygens (including phenoxy) is 2. The van der Waals surface area contributed by atoms with Crippen molar-refractivity contribution in [3.8, 4) is 0 Å². The second-order valence-corrected chi connectivity index (χ2v) is 6.78. The van der Waals surface area contributed by atoms with E-state index in [1.807, 2.05) is 32.0 Å². The Hall–Kier alpha value is -1.88. The van der Waals surface area contributed by atoms with Crippen molar-refractivity contribution in [2.45, 2.75) is 57.6 Å². The number of nitrogens with one attached hydrogen (secondary N) is 1. The first-order valence-corrected chi connectivity index (χ1v) is 8.43. The molecule has 5 nitrogen and oxygen atoms in total. The van der Waals surface area contributed by atoms with Gasteiger partial charge >= 0.3 is 0 Å². The Morgan fingerprint density at radius 3 is 2.67 bits per heavy atom. The molecule has 1 aromatic carbocycles. The molecule has 1 saturated carbocycles. The summed E-state index contributed by atoms with van der Waals surface area (Å²) in [6, 6.07) is 6.13. The van der Waals surface area contributed by atoms with Crippen LogP contribution in [0.15, 0.2) is 18.2 Å². The van der Waals surface area contributed by atoms with Crippen molar-refractivity contribution in [2.24, 2.45) is 0 Å². The van der Waals surface area contributed by atoms with Crippen LogP contribution in [0.4, 0.5) is 0 Å². The molecule has 1 fully saturated rings. The van der Waals surface area contributed by atoms with Crippen molar-refractivity contribution < 1.29 is 19.1 Å². The van der Waals surface area contributed by atoms with Crippen LogP contribution in [0.2, 0.25) is 0 Å². The summed E-state index contributed by atoms with van der Waals surface area (Å²) in [6.07, 6.45) is 3.75. The van der Waals surface area contributed by atoms with Crippen LogP contribution in [0.3, 0.4) is 0 Å². The Bertz CT molecular complexity index is 577. The maximum atomic E-state index is 12.6. The van der Waals surface area contributed by atoms with Crippen LogP contribution in [0.5, 0.6) is 0 Å². The van der Waals surface area contributed by atoms with Gasteiger partial charge in [0, 0.05) is 7.11 Å². The Labute approximate surface area is 143 Å². The minimum atomic E-state index is -0.481. The standard InChI is InChI=1S/C19H27NO4/c1-14-4-5-15(2)16(10-14)11-18(22)20-19(12-24-13-21)8-6-17(23-3)7-9-19/h4-5,10,13,17H,6-9,11-12H2,1-3H3,(H,20,22). The second kappa shape index (κ2) is 8.29. The molecule has 1 aliphatic carbocycles. The van der Waals surface area contributed by atoms with E-state index in [0.717, 1.165) is 42.4 Å². The van der Waals surface area contributed by atoms with Crippen molar-refractivity contribution in [3.05, 3.63) is 34.9 Å². The first-order chi connectivity index (χ1) is 11.5. The number of methoxy groups -OCH3 is 1. The molecule has 1 amide bonds. The number of hydrogen-bond donors (Lipinski definition) is 1. The van der Waals surface area contributed by atoms with Crippen LogP contribution in [-0.2, 0) is 25.5 Å². The molecule has 0 radical (unpaired) electrons. The summed E-state index contributed by atoms with van der Waals surface area (Å²) in [7, 11) is 1.71. The normalized spacial score (nSPS) is 23.5. The average molecular weight is 333 g/mol. The third-order valence-electron chi connectivity index (χ3n) is 4.91. The molecule has 5 heteroatoms. The molecule has 0 bridgehead atoms. The van der Waals surface area contributed by atoms with E-state index in [4.69, 9.17) is 9.47 Å². The van der Waals surface area contributed by atoms with Crippen LogP contribution in [-0.4, -0.2) is 37.7 Å². The fraction of sp³-hybridized carbons (Fsp3) is 0.579. The van der Waals surface area contributed by atoms with Crippen molar-refractivity contribution in [2.75, 3.05) is 13.7 Å². The van der Waals surface area contributed by atoms with E-state index in [9.17, 15) is 9.59 Å². The summed E-state index contributed by atoms with van der Waals surface area (Å²) in [5.74, 6) is -0.0333. The van der Waals surface area contributed by atoms with Gasteiger partial charge < -0.3 is 14.8 Å². The van der Waals surface area contributed by atoms with E-state index < -0.39 is 5.54 Å². The third-order valence-corrected chi connectivity index (χ3v) is 4.91. The van der Waals surface area contributed by atoms with Gasteiger partial charge in [0.1, 0.15) is 6.61 Å². The monoisotopic (exact) mass is 333 g/mol. The number of carbonyl (C=O) groups is 2. The summed E-state index contributed by atoms with van der Waals surface area (Å²) in [4.78, 5) is 23.2. The molecule has 2 rings (SSSR count). The molecule has 1 aromatic rings. The molecule has 1 aliphatic rings. The highest BCUT2D eigenvalue weighted by atomic mass is 16.5. The number of hydrogen-bond acceptors (Lipinski definition) is 4. The highest BCUT2D eigenvalue weighted by molar-refractivity contribution is 5.79. The minimum Gasteiger partial charge on any atom is -0.465 e. The molecule has 0 saturated heterocycles. The Morgan fingerprint density at radius 2 is 2.04 bits per heavy atom. The zero-order valence-electron chi connectivity index (χ0n) is 14.8. The van der Waals surface area contributed by atoms with Gasteiger partial charge in [-0.1, -0.05) is 23.8 Å². The SMILES string of the molecule is COC1CCC(COC=O)(NC(=O)Cc2cc(C)ccc2C)CC1. The van der Waals surface area contributed by atoms with Gasteiger partial charge in [-0.2, -0.15) is 0 Å². The topological polar surface area (TPSA) is 64.6 Å². The largest absolute Gasteiger partial charge is 0.465 e. The van der Waals surface area contributed by atoms with Crippen molar-refractivity contribution in [3.63, 3.8) is 0 Å². The van der Waals surface area contributed by atoms with Crippen LogP contribution in [0.1, 0.15) is 42.4 Å². The molecule has 1 N–H and O–H groups in total. The molecule has 0 unspecified atom stereocenters. The van der Waals surface area contributed by atoms with E-state index in [1.165, 1.54) is 0 Å². The molecular weight excluding hydrogens is 306 g/mol. The number of aryl methyl sites for hydroxylation is 2. The summed E-state index contributed by atoms with van der Waals surface area (Å²) in [5.41, 5.74) is 2.80. The van der Waals surface area contributed by atoms with Gasteiger partial charge in [0.15, 0.2) is 0 Å². The molecule has 0 aromatic heterocycles. The van der Waals surface area contributed by atoms with Crippen LogP contribution in [0, 0.1) is 13.8 Å². The smallest absolute Gasteiger partial charge is 0.293 e. The summed E-state index contributed by atoms with van der Waals surface area (Å²) in [6.45, 7) is 4.69. The van der Waals surface area contributed by atoms with Gasteiger partial charge in [-0.25, -0.2) is 0 Å². The molecular formula is C19H27NO4. The van der Waals surface area contributed by atoms with E-state index in [1.54, 1.807) is 7.11 Å². The third kappa shape index (κ3) is 4.81. The lowest BCUT2D eigenvalue weighted by Crippen LogP contribution is -2.55. The summed E-state index contributed by atoms with van der Waals surface area (Å²) in [5, 5.41) is 3.13. The maximum absolute atomic E-state index is 12.6. The van der Waals surface area contributed by atoms with Crippen molar-refractivity contribution in [1.29, 1.82) is 0 Å². The fourth-order valence-electron chi connectivity index (χ4n) is 3.38. The fourth-order valence-corrected chi connectivity index (χ4v) is 3.38. The van der Waals surface area contributed by atoms with Crippen molar-refractivity contribution >= 4 is 12.4 Å². The van der Waals surface area contributed by atoms with E-state index in [2.05, 4.69) is 5.32 Å². The quantitative estimate of drug-likeness (QED) is 0.779. The Kier molecular flexibility index (Phi) is 6.37. The van der Waals surface area contributed by atoms with Gasteiger partial charge in [-0.15, -0.1) is 0 Å². The first-order valence-electron chi connectivity index (χ1n) is 8.43. The van der Waals surface area contributed by atoms with Gasteiger partial charge in [-0.05, 0) is 50.7 Å². The zero-order valence-corrected chi connectivity index (χ0v) is 14.8. The van der Waals surface area contributed by atoms with Gasteiger partial charge in [0.25, 0.3) is 6.47 Å². The highest BCUT2D eigenvalue weighted by Gasteiger charge is 2.37.